The highest BCUT2D eigenvalue weighted by Crippen LogP contribution is 2.45. The highest BCUT2D eigenvalue weighted by Gasteiger charge is 2.33. The summed E-state index contributed by atoms with van der Waals surface area (Å²) in [7, 11) is 0. The normalized spacial score (nSPS) is 23.3. The lowest BCUT2D eigenvalue weighted by atomic mass is 9.86. The van der Waals surface area contributed by atoms with E-state index in [9.17, 15) is 4.79 Å². The maximum absolute atomic E-state index is 11.3. The van der Waals surface area contributed by atoms with Crippen LogP contribution in [-0.2, 0) is 11.8 Å². The third-order valence-electron chi connectivity index (χ3n) is 9.69. The zero-order valence-electron chi connectivity index (χ0n) is 26.9. The Morgan fingerprint density at radius 3 is 1.91 bits per heavy atom. The van der Waals surface area contributed by atoms with E-state index in [4.69, 9.17) is 0 Å². The van der Waals surface area contributed by atoms with Gasteiger partial charge in [-0.2, -0.15) is 0 Å². The molecule has 43 heavy (non-hydrogen) atoms. The van der Waals surface area contributed by atoms with Crippen LogP contribution in [0.1, 0.15) is 128 Å². The molecule has 0 amide bonds. The van der Waals surface area contributed by atoms with Crippen molar-refractivity contribution < 1.29 is 4.79 Å². The average molecular weight is 589 g/mol. The molecule has 4 unspecified atom stereocenters. The SMILES string of the molecule is CC1CC(=O)c2ccccc21.CC1CC(C)(C)c2ccccc21.CC1CCc2ccccc21.CC1CSc2ccccc21. The van der Waals surface area contributed by atoms with Gasteiger partial charge in [0.15, 0.2) is 5.78 Å². The Hall–Kier alpha value is -3.10. The van der Waals surface area contributed by atoms with E-state index in [-0.39, 0.29) is 0 Å². The number of hydrogen-bond acceptors (Lipinski definition) is 2. The number of carbonyl (C=O) groups excluding carboxylic acids is 1. The second-order valence-corrected chi connectivity index (χ2v) is 14.6. The first-order valence-electron chi connectivity index (χ1n) is 16.2. The zero-order chi connectivity index (χ0) is 30.6. The molecule has 224 valence electrons. The summed E-state index contributed by atoms with van der Waals surface area (Å²) in [4.78, 5) is 12.8. The molecule has 4 aromatic carbocycles. The fraction of sp³-hybridized carbons (Fsp3) is 0.390. The fourth-order valence-electron chi connectivity index (χ4n) is 7.30. The van der Waals surface area contributed by atoms with Crippen LogP contribution in [0.3, 0.4) is 0 Å². The molecule has 0 N–H and O–H groups in total. The van der Waals surface area contributed by atoms with Crippen LogP contribution in [0.25, 0.3) is 0 Å². The summed E-state index contributed by atoms with van der Waals surface area (Å²) in [5.41, 5.74) is 10.3. The summed E-state index contributed by atoms with van der Waals surface area (Å²) in [6.07, 6.45) is 4.63. The third-order valence-corrected chi connectivity index (χ3v) is 11.0. The number of fused-ring (bicyclic) bond motifs is 4. The van der Waals surface area contributed by atoms with Crippen molar-refractivity contribution in [3.63, 3.8) is 0 Å². The molecule has 0 fully saturated rings. The summed E-state index contributed by atoms with van der Waals surface area (Å²) >= 11 is 1.98. The van der Waals surface area contributed by atoms with Gasteiger partial charge in [-0.3, -0.25) is 4.79 Å². The van der Waals surface area contributed by atoms with Gasteiger partial charge in [0.05, 0.1) is 0 Å². The Bertz CT molecular complexity index is 1500. The minimum absolute atomic E-state index is 0.299. The minimum atomic E-state index is 0.299. The van der Waals surface area contributed by atoms with E-state index in [0.717, 1.165) is 23.3 Å². The van der Waals surface area contributed by atoms with E-state index in [1.54, 1.807) is 22.3 Å². The summed E-state index contributed by atoms with van der Waals surface area (Å²) in [5, 5.41) is 0. The van der Waals surface area contributed by atoms with Crippen LogP contribution in [-0.4, -0.2) is 11.5 Å². The molecule has 3 aliphatic carbocycles. The molecular weight excluding hydrogens is 541 g/mol. The van der Waals surface area contributed by atoms with Crippen LogP contribution in [0.2, 0.25) is 0 Å². The van der Waals surface area contributed by atoms with E-state index in [0.29, 0.717) is 23.5 Å². The molecule has 4 aromatic rings. The van der Waals surface area contributed by atoms with Crippen molar-refractivity contribution in [1.29, 1.82) is 0 Å². The summed E-state index contributed by atoms with van der Waals surface area (Å²) < 4.78 is 0. The van der Waals surface area contributed by atoms with E-state index >= 15 is 0 Å². The predicted octanol–water partition coefficient (Wildman–Crippen LogP) is 11.5. The minimum Gasteiger partial charge on any atom is -0.294 e. The number of rotatable bonds is 0. The maximum Gasteiger partial charge on any atom is 0.163 e. The van der Waals surface area contributed by atoms with Gasteiger partial charge in [0.2, 0.25) is 0 Å². The number of aryl methyl sites for hydroxylation is 1. The van der Waals surface area contributed by atoms with E-state index in [2.05, 4.69) is 114 Å². The van der Waals surface area contributed by atoms with Crippen molar-refractivity contribution in [2.45, 2.75) is 101 Å². The molecule has 0 bridgehead atoms. The van der Waals surface area contributed by atoms with Gasteiger partial charge in [0.1, 0.15) is 0 Å². The second-order valence-electron chi connectivity index (χ2n) is 13.6. The number of thioether (sulfide) groups is 1. The number of carbonyl (C=O) groups is 1. The molecule has 0 spiro atoms. The lowest BCUT2D eigenvalue weighted by molar-refractivity contribution is 0.0990. The molecule has 1 aliphatic heterocycles. The molecule has 4 aliphatic rings. The van der Waals surface area contributed by atoms with Gasteiger partial charge in [-0.25, -0.2) is 0 Å². The van der Waals surface area contributed by atoms with Gasteiger partial charge in [-0.15, -0.1) is 11.8 Å². The predicted molar refractivity (Wildman–Crippen MR) is 185 cm³/mol. The van der Waals surface area contributed by atoms with Crippen LogP contribution in [0.15, 0.2) is 102 Å². The standard InChI is InChI=1S/C12H16.C10H10O.C10H12.C9H10S/c1-9-8-12(2,3)11-7-5-4-6-10(9)11;1-7-6-10(11)9-5-3-2-4-8(7)9;1-8-6-7-9-4-2-3-5-10(8)9;1-7-6-10-9-5-3-2-4-8(7)9/h4-7,9H,8H2,1-3H3;2-5,7H,6H2,1H3;2-5,8H,6-7H2,1H3;2-5,7H,6H2,1H3. The van der Waals surface area contributed by atoms with Crippen molar-refractivity contribution in [1.82, 2.24) is 0 Å². The zero-order valence-corrected chi connectivity index (χ0v) is 27.7. The first-order valence-corrected chi connectivity index (χ1v) is 17.1. The van der Waals surface area contributed by atoms with Crippen LogP contribution in [0.4, 0.5) is 0 Å². The Balaban J connectivity index is 0.000000114. The number of hydrogen-bond donors (Lipinski definition) is 0. The molecule has 0 saturated heterocycles. The Labute approximate surface area is 264 Å². The van der Waals surface area contributed by atoms with Crippen LogP contribution < -0.4 is 0 Å². The molecule has 0 saturated carbocycles. The van der Waals surface area contributed by atoms with Crippen LogP contribution in [0, 0.1) is 0 Å². The van der Waals surface area contributed by atoms with Gasteiger partial charge >= 0.3 is 0 Å². The number of Topliss-reactive ketones (excluding diaryl/α,β-unsaturated/α-hetero) is 1. The topological polar surface area (TPSA) is 17.1 Å². The number of benzene rings is 4. The van der Waals surface area contributed by atoms with E-state index < -0.39 is 0 Å². The fourth-order valence-corrected chi connectivity index (χ4v) is 8.52. The Kier molecular flexibility index (Phi) is 9.97. The van der Waals surface area contributed by atoms with Crippen molar-refractivity contribution in [3.05, 3.63) is 136 Å². The van der Waals surface area contributed by atoms with Crippen LogP contribution in [0.5, 0.6) is 0 Å². The highest BCUT2D eigenvalue weighted by atomic mass is 32.2. The summed E-state index contributed by atoms with van der Waals surface area (Å²) in [6, 6.07) is 34.2. The Morgan fingerprint density at radius 2 is 1.23 bits per heavy atom. The molecule has 0 aromatic heterocycles. The molecule has 1 heterocycles. The lowest BCUT2D eigenvalue weighted by Crippen LogP contribution is -2.11. The molecule has 8 rings (SSSR count). The second kappa shape index (κ2) is 13.7. The van der Waals surface area contributed by atoms with Gasteiger partial charge in [-0.1, -0.05) is 133 Å². The summed E-state index contributed by atoms with van der Waals surface area (Å²) in [5.74, 6) is 4.31. The third kappa shape index (κ3) is 7.18. The van der Waals surface area contributed by atoms with Gasteiger partial charge in [0.25, 0.3) is 0 Å². The van der Waals surface area contributed by atoms with Gasteiger partial charge in [0, 0.05) is 22.6 Å². The molecule has 2 heteroatoms. The van der Waals surface area contributed by atoms with E-state index in [1.807, 2.05) is 36.0 Å². The van der Waals surface area contributed by atoms with Crippen molar-refractivity contribution in [2.24, 2.45) is 0 Å². The smallest absolute Gasteiger partial charge is 0.163 e. The van der Waals surface area contributed by atoms with E-state index in [1.165, 1.54) is 41.0 Å². The Morgan fingerprint density at radius 1 is 0.628 bits per heavy atom. The maximum atomic E-state index is 11.3. The quantitative estimate of drug-likeness (QED) is 0.203. The monoisotopic (exact) mass is 588 g/mol. The first-order chi connectivity index (χ1) is 20.7. The lowest BCUT2D eigenvalue weighted by Gasteiger charge is -2.18. The average Bonchev–Trinajstić information content (AvgIpc) is 3.74. The summed E-state index contributed by atoms with van der Waals surface area (Å²) in [6.45, 7) is 13.7. The van der Waals surface area contributed by atoms with Crippen LogP contribution >= 0.6 is 11.8 Å². The van der Waals surface area contributed by atoms with Gasteiger partial charge < -0.3 is 0 Å². The van der Waals surface area contributed by atoms with Crippen molar-refractivity contribution >= 4 is 17.5 Å². The number of ketones is 1. The van der Waals surface area contributed by atoms with Crippen molar-refractivity contribution in [2.75, 3.05) is 5.75 Å². The molecule has 4 atom stereocenters. The van der Waals surface area contributed by atoms with Crippen molar-refractivity contribution in [3.8, 4) is 0 Å². The molecule has 0 radical (unpaired) electrons. The molecule has 1 nitrogen and oxygen atoms in total. The molecular formula is C41H48OS. The van der Waals surface area contributed by atoms with Gasteiger partial charge in [-0.05, 0) is 87.8 Å². The first kappa shape index (κ1) is 31.3. The highest BCUT2D eigenvalue weighted by molar-refractivity contribution is 7.99. The largest absolute Gasteiger partial charge is 0.294 e.